The van der Waals surface area contributed by atoms with Crippen molar-refractivity contribution in [2.24, 2.45) is 10.9 Å². The quantitative estimate of drug-likeness (QED) is 0.926. The second-order valence-corrected chi connectivity index (χ2v) is 6.70. The molecule has 0 spiro atoms. The maximum Gasteiger partial charge on any atom is 0.157 e. The van der Waals surface area contributed by atoms with Gasteiger partial charge in [0.05, 0.1) is 12.2 Å². The monoisotopic (exact) mass is 289 g/mol. The summed E-state index contributed by atoms with van der Waals surface area (Å²) in [5.41, 5.74) is 2.43. The van der Waals surface area contributed by atoms with Gasteiger partial charge in [-0.1, -0.05) is 37.6 Å². The van der Waals surface area contributed by atoms with Gasteiger partial charge in [-0.15, -0.1) is 0 Å². The third-order valence-electron chi connectivity index (χ3n) is 4.39. The molecule has 2 aliphatic rings. The molecule has 2 unspecified atom stereocenters. The molecular formula is C16H23N3S. The number of pyridine rings is 1. The summed E-state index contributed by atoms with van der Waals surface area (Å²) in [6, 6.07) is 4.83. The van der Waals surface area contributed by atoms with Gasteiger partial charge in [-0.2, -0.15) is 0 Å². The molecule has 4 heteroatoms. The van der Waals surface area contributed by atoms with Crippen LogP contribution in [0.25, 0.3) is 0 Å². The molecule has 1 saturated carbocycles. The fraction of sp³-hybridized carbons (Fsp3) is 0.625. The van der Waals surface area contributed by atoms with Gasteiger partial charge in [-0.05, 0) is 36.8 Å². The van der Waals surface area contributed by atoms with E-state index in [0.29, 0.717) is 12.6 Å². The number of amidine groups is 1. The van der Waals surface area contributed by atoms with Crippen molar-refractivity contribution >= 4 is 16.9 Å². The van der Waals surface area contributed by atoms with Gasteiger partial charge in [0.25, 0.3) is 0 Å². The second-order valence-electron chi connectivity index (χ2n) is 5.69. The van der Waals surface area contributed by atoms with Crippen LogP contribution in [-0.2, 0) is 13.0 Å². The predicted molar refractivity (Wildman–Crippen MR) is 86.1 cm³/mol. The molecule has 2 atom stereocenters. The van der Waals surface area contributed by atoms with Crippen LogP contribution in [0, 0.1) is 5.92 Å². The molecule has 0 amide bonds. The van der Waals surface area contributed by atoms with Gasteiger partial charge in [-0.3, -0.25) is 9.98 Å². The molecule has 0 aromatic carbocycles. The van der Waals surface area contributed by atoms with E-state index in [-0.39, 0.29) is 0 Å². The Bertz CT molecular complexity index is 486. The van der Waals surface area contributed by atoms with Crippen LogP contribution in [-0.4, -0.2) is 21.9 Å². The van der Waals surface area contributed by atoms with E-state index in [0.717, 1.165) is 23.2 Å². The Morgan fingerprint density at radius 1 is 1.40 bits per heavy atom. The van der Waals surface area contributed by atoms with Crippen molar-refractivity contribution in [3.8, 4) is 0 Å². The lowest BCUT2D eigenvalue weighted by Crippen LogP contribution is -2.46. The summed E-state index contributed by atoms with van der Waals surface area (Å²) in [5.74, 6) is 2.09. The van der Waals surface area contributed by atoms with E-state index in [4.69, 9.17) is 4.99 Å². The van der Waals surface area contributed by atoms with E-state index in [1.807, 2.05) is 24.0 Å². The zero-order valence-electron chi connectivity index (χ0n) is 12.1. The van der Waals surface area contributed by atoms with Crippen LogP contribution in [0.2, 0.25) is 0 Å². The van der Waals surface area contributed by atoms with Crippen molar-refractivity contribution in [3.05, 3.63) is 29.6 Å². The van der Waals surface area contributed by atoms with Crippen LogP contribution in [0.4, 0.5) is 0 Å². The van der Waals surface area contributed by atoms with Gasteiger partial charge >= 0.3 is 0 Å². The number of aryl methyl sites for hydroxylation is 1. The van der Waals surface area contributed by atoms with Crippen molar-refractivity contribution in [3.63, 3.8) is 0 Å². The highest BCUT2D eigenvalue weighted by Crippen LogP contribution is 2.31. The van der Waals surface area contributed by atoms with E-state index in [1.54, 1.807) is 0 Å². The van der Waals surface area contributed by atoms with Crippen LogP contribution in [0.1, 0.15) is 43.9 Å². The van der Waals surface area contributed by atoms with Crippen molar-refractivity contribution in [2.75, 3.05) is 5.75 Å². The molecule has 2 heterocycles. The van der Waals surface area contributed by atoms with E-state index < -0.39 is 0 Å². The van der Waals surface area contributed by atoms with Crippen LogP contribution in [0.15, 0.2) is 23.3 Å². The van der Waals surface area contributed by atoms with E-state index in [1.165, 1.54) is 37.0 Å². The van der Waals surface area contributed by atoms with Crippen LogP contribution in [0.5, 0.6) is 0 Å². The molecule has 1 aromatic rings. The first kappa shape index (κ1) is 13.9. The number of aliphatic imine (C=N–C) groups is 1. The SMILES string of the molecule is CCc1cccnc1CN=C1NC2CCCCC2CS1. The molecule has 108 valence electrons. The van der Waals surface area contributed by atoms with Gasteiger partial charge in [0.2, 0.25) is 0 Å². The van der Waals surface area contributed by atoms with Crippen LogP contribution < -0.4 is 5.32 Å². The van der Waals surface area contributed by atoms with Gasteiger partial charge in [0.1, 0.15) is 0 Å². The van der Waals surface area contributed by atoms with Gasteiger partial charge in [0.15, 0.2) is 5.17 Å². The number of hydrogen-bond acceptors (Lipinski definition) is 3. The Morgan fingerprint density at radius 2 is 2.30 bits per heavy atom. The number of aromatic nitrogens is 1. The fourth-order valence-electron chi connectivity index (χ4n) is 3.16. The summed E-state index contributed by atoms with van der Waals surface area (Å²) >= 11 is 1.89. The van der Waals surface area contributed by atoms with E-state index in [9.17, 15) is 0 Å². The predicted octanol–water partition coefficient (Wildman–Crippen LogP) is 3.40. The molecule has 3 rings (SSSR count). The molecule has 20 heavy (non-hydrogen) atoms. The Balaban J connectivity index is 1.64. The highest BCUT2D eigenvalue weighted by molar-refractivity contribution is 8.13. The standard InChI is InChI=1S/C16H23N3S/c1-2-12-7-5-9-17-15(12)10-18-16-19-14-8-4-3-6-13(14)11-20-16/h5,7,9,13-14H,2-4,6,8,10-11H2,1H3,(H,18,19). The average molecular weight is 289 g/mol. The third kappa shape index (κ3) is 3.17. The molecule has 1 aliphatic heterocycles. The maximum atomic E-state index is 4.76. The lowest BCUT2D eigenvalue weighted by molar-refractivity contribution is 0.311. The molecule has 0 radical (unpaired) electrons. The normalized spacial score (nSPS) is 27.9. The fourth-order valence-corrected chi connectivity index (χ4v) is 4.32. The third-order valence-corrected chi connectivity index (χ3v) is 5.51. The topological polar surface area (TPSA) is 37.3 Å². The Labute approximate surface area is 125 Å². The van der Waals surface area contributed by atoms with Crippen LogP contribution >= 0.6 is 11.8 Å². The van der Waals surface area contributed by atoms with Crippen molar-refractivity contribution in [2.45, 2.75) is 51.6 Å². The number of rotatable bonds is 3. The Morgan fingerprint density at radius 3 is 3.20 bits per heavy atom. The highest BCUT2D eigenvalue weighted by Gasteiger charge is 2.30. The Hall–Kier alpha value is -1.03. The summed E-state index contributed by atoms with van der Waals surface area (Å²) < 4.78 is 0. The molecule has 1 aromatic heterocycles. The minimum atomic E-state index is 0.665. The average Bonchev–Trinajstić information content (AvgIpc) is 2.53. The number of nitrogens with one attached hydrogen (secondary N) is 1. The summed E-state index contributed by atoms with van der Waals surface area (Å²) in [7, 11) is 0. The zero-order chi connectivity index (χ0) is 13.8. The second kappa shape index (κ2) is 6.61. The minimum Gasteiger partial charge on any atom is -0.362 e. The molecular weight excluding hydrogens is 266 g/mol. The number of hydrogen-bond donors (Lipinski definition) is 1. The molecule has 1 aliphatic carbocycles. The highest BCUT2D eigenvalue weighted by atomic mass is 32.2. The van der Waals surface area contributed by atoms with Crippen molar-refractivity contribution in [1.29, 1.82) is 0 Å². The molecule has 2 fully saturated rings. The summed E-state index contributed by atoms with van der Waals surface area (Å²) in [5, 5.41) is 4.77. The number of fused-ring (bicyclic) bond motifs is 1. The zero-order valence-corrected chi connectivity index (χ0v) is 13.0. The lowest BCUT2D eigenvalue weighted by Gasteiger charge is -2.36. The maximum absolute atomic E-state index is 4.76. The summed E-state index contributed by atoms with van der Waals surface area (Å²) in [6.45, 7) is 2.88. The molecule has 1 N–H and O–H groups in total. The lowest BCUT2D eigenvalue weighted by atomic mass is 9.86. The Kier molecular flexibility index (Phi) is 4.61. The smallest absolute Gasteiger partial charge is 0.157 e. The van der Waals surface area contributed by atoms with E-state index in [2.05, 4.69) is 23.3 Å². The first-order valence-electron chi connectivity index (χ1n) is 7.73. The molecule has 3 nitrogen and oxygen atoms in total. The largest absolute Gasteiger partial charge is 0.362 e. The van der Waals surface area contributed by atoms with Gasteiger partial charge < -0.3 is 5.32 Å². The number of thioether (sulfide) groups is 1. The molecule has 0 bridgehead atoms. The van der Waals surface area contributed by atoms with Crippen LogP contribution in [0.3, 0.4) is 0 Å². The van der Waals surface area contributed by atoms with Crippen molar-refractivity contribution < 1.29 is 0 Å². The van der Waals surface area contributed by atoms with Crippen molar-refractivity contribution in [1.82, 2.24) is 10.3 Å². The first-order chi connectivity index (χ1) is 9.86. The summed E-state index contributed by atoms with van der Waals surface area (Å²) in [4.78, 5) is 9.23. The minimum absolute atomic E-state index is 0.665. The van der Waals surface area contributed by atoms with Gasteiger partial charge in [-0.25, -0.2) is 0 Å². The number of nitrogens with zero attached hydrogens (tertiary/aromatic N) is 2. The van der Waals surface area contributed by atoms with E-state index >= 15 is 0 Å². The first-order valence-corrected chi connectivity index (χ1v) is 8.72. The summed E-state index contributed by atoms with van der Waals surface area (Å²) in [6.07, 6.45) is 8.37. The molecule has 1 saturated heterocycles. The van der Waals surface area contributed by atoms with Gasteiger partial charge in [0, 0.05) is 18.0 Å².